The molecule has 0 aromatic rings. The van der Waals surface area contributed by atoms with Crippen molar-refractivity contribution in [3.63, 3.8) is 0 Å². The summed E-state index contributed by atoms with van der Waals surface area (Å²) in [5.41, 5.74) is 0.226. The molecule has 64 valence electrons. The van der Waals surface area contributed by atoms with Gasteiger partial charge in [0.1, 0.15) is 0 Å². The molecule has 0 amide bonds. The number of rotatable bonds is 0. The van der Waals surface area contributed by atoms with Gasteiger partial charge in [-0.05, 0) is 12.1 Å². The molecule has 3 nitrogen and oxygen atoms in total. The summed E-state index contributed by atoms with van der Waals surface area (Å²) in [5.74, 6) is 0. The van der Waals surface area contributed by atoms with E-state index in [1.165, 1.54) is 0 Å². The monoisotopic (exact) mass is 173 g/mol. The summed E-state index contributed by atoms with van der Waals surface area (Å²) in [6, 6.07) is 10.3. The van der Waals surface area contributed by atoms with Crippen molar-refractivity contribution >= 4 is 0 Å². The Labute approximate surface area is 74.0 Å². The van der Waals surface area contributed by atoms with Crippen molar-refractivity contribution in [3.8, 4) is 11.1 Å². The topological polar surface area (TPSA) is 49.9 Å². The molecule has 0 unspecified atom stereocenters. The highest BCUT2D eigenvalue weighted by Crippen LogP contribution is 2.08. The highest BCUT2D eigenvalue weighted by Gasteiger charge is 2.08. The second-order valence-corrected chi connectivity index (χ2v) is 2.71. The first kappa shape index (κ1) is 7.73. The summed E-state index contributed by atoms with van der Waals surface area (Å²) >= 11 is 0. The third-order valence-corrected chi connectivity index (χ3v) is 1.87. The molecule has 0 aromatic heterocycles. The number of hydrogen-bond donors (Lipinski definition) is 1. The standard InChI is InChI=1S/C10H7NO2/c12-9-7-5-3-1-2-4-6-8(7)10(13)11-9/h1-6H,(H,11,12,13). The predicted molar refractivity (Wildman–Crippen MR) is 50.0 cm³/mol. The first-order chi connectivity index (χ1) is 6.29. The van der Waals surface area contributed by atoms with E-state index >= 15 is 0 Å². The quantitative estimate of drug-likeness (QED) is 0.641. The van der Waals surface area contributed by atoms with Gasteiger partial charge >= 0.3 is 0 Å². The van der Waals surface area contributed by atoms with Gasteiger partial charge in [0.2, 0.25) is 0 Å². The van der Waals surface area contributed by atoms with E-state index in [4.69, 9.17) is 0 Å². The van der Waals surface area contributed by atoms with E-state index in [2.05, 4.69) is 4.98 Å². The molecule has 0 saturated heterocycles. The zero-order chi connectivity index (χ0) is 9.26. The first-order valence-corrected chi connectivity index (χ1v) is 3.90. The van der Waals surface area contributed by atoms with Crippen molar-refractivity contribution in [2.45, 2.75) is 0 Å². The van der Waals surface area contributed by atoms with Crippen LogP contribution in [-0.2, 0) is 0 Å². The third-order valence-electron chi connectivity index (χ3n) is 1.87. The van der Waals surface area contributed by atoms with Gasteiger partial charge in [0.15, 0.2) is 0 Å². The summed E-state index contributed by atoms with van der Waals surface area (Å²) in [6.45, 7) is 0. The van der Waals surface area contributed by atoms with Gasteiger partial charge in [-0.3, -0.25) is 14.6 Å². The first-order valence-electron chi connectivity index (χ1n) is 3.90. The van der Waals surface area contributed by atoms with Gasteiger partial charge in [-0.25, -0.2) is 0 Å². The average Bonchev–Trinajstić information content (AvgIpc) is 2.25. The number of aromatic nitrogens is 1. The van der Waals surface area contributed by atoms with Crippen LogP contribution in [0, 0.1) is 0 Å². The molecule has 1 N–H and O–H groups in total. The molecule has 2 aliphatic rings. The van der Waals surface area contributed by atoms with Crippen LogP contribution in [0.3, 0.4) is 0 Å². The SMILES string of the molecule is O=c1[nH]c(=O)c2ccccccc1-2. The van der Waals surface area contributed by atoms with Crippen LogP contribution in [0.2, 0.25) is 0 Å². The molecule has 0 fully saturated rings. The molecular formula is C10H7NO2. The Hall–Kier alpha value is -1.90. The third kappa shape index (κ3) is 1.24. The summed E-state index contributed by atoms with van der Waals surface area (Å²) in [4.78, 5) is 24.6. The maximum Gasteiger partial charge on any atom is 0.258 e. The Balaban J connectivity index is 2.94. The van der Waals surface area contributed by atoms with E-state index in [9.17, 15) is 9.59 Å². The zero-order valence-electron chi connectivity index (χ0n) is 6.78. The van der Waals surface area contributed by atoms with Crippen LogP contribution in [0.5, 0.6) is 0 Å². The fourth-order valence-electron chi connectivity index (χ4n) is 1.25. The lowest BCUT2D eigenvalue weighted by molar-refractivity contribution is 1.26. The second kappa shape index (κ2) is 2.86. The molecule has 3 heteroatoms. The zero-order valence-corrected chi connectivity index (χ0v) is 6.78. The van der Waals surface area contributed by atoms with E-state index in [1.54, 1.807) is 36.4 Å². The molecule has 1 aliphatic carbocycles. The van der Waals surface area contributed by atoms with E-state index in [1.807, 2.05) is 0 Å². The molecule has 1 heterocycles. The Morgan fingerprint density at radius 2 is 1.23 bits per heavy atom. The molecule has 0 bridgehead atoms. The van der Waals surface area contributed by atoms with Crippen LogP contribution < -0.4 is 11.1 Å². The predicted octanol–water partition coefficient (Wildman–Crippen LogP) is 0.840. The molecule has 0 spiro atoms. The van der Waals surface area contributed by atoms with Gasteiger partial charge < -0.3 is 0 Å². The Kier molecular flexibility index (Phi) is 1.70. The fraction of sp³-hybridized carbons (Fsp3) is 0. The van der Waals surface area contributed by atoms with Crippen molar-refractivity contribution in [1.29, 1.82) is 0 Å². The van der Waals surface area contributed by atoms with Crippen LogP contribution in [0.4, 0.5) is 0 Å². The second-order valence-electron chi connectivity index (χ2n) is 2.71. The smallest absolute Gasteiger partial charge is 0.258 e. The molecule has 0 atom stereocenters. The van der Waals surface area contributed by atoms with Crippen LogP contribution in [0.25, 0.3) is 11.1 Å². The molecule has 1 aliphatic heterocycles. The van der Waals surface area contributed by atoms with E-state index < -0.39 is 0 Å². The fourth-order valence-corrected chi connectivity index (χ4v) is 1.25. The van der Waals surface area contributed by atoms with Gasteiger partial charge in [-0.2, -0.15) is 0 Å². The number of H-pyrrole nitrogens is 1. The molecule has 2 rings (SSSR count). The van der Waals surface area contributed by atoms with Gasteiger partial charge in [0.05, 0.1) is 11.1 Å². The van der Waals surface area contributed by atoms with E-state index in [0.717, 1.165) is 0 Å². The number of hydrogen-bond acceptors (Lipinski definition) is 2. The van der Waals surface area contributed by atoms with Gasteiger partial charge in [-0.1, -0.05) is 24.3 Å². The lowest BCUT2D eigenvalue weighted by atomic mass is 10.1. The molecule has 13 heavy (non-hydrogen) atoms. The van der Waals surface area contributed by atoms with Crippen LogP contribution in [0.1, 0.15) is 0 Å². The number of fused-ring (bicyclic) bond motifs is 1. The maximum atomic E-state index is 11.2. The van der Waals surface area contributed by atoms with Crippen molar-refractivity contribution in [2.75, 3.05) is 0 Å². The number of nitrogens with one attached hydrogen (secondary N) is 1. The minimum absolute atomic E-state index is 0.323. The lowest BCUT2D eigenvalue weighted by Gasteiger charge is -1.86. The van der Waals surface area contributed by atoms with Gasteiger partial charge in [0.25, 0.3) is 11.1 Å². The largest absolute Gasteiger partial charge is 0.288 e. The maximum absolute atomic E-state index is 11.2. The summed E-state index contributed by atoms with van der Waals surface area (Å²) in [5, 5.41) is 0. The van der Waals surface area contributed by atoms with E-state index in [0.29, 0.717) is 11.1 Å². The van der Waals surface area contributed by atoms with E-state index in [-0.39, 0.29) is 11.1 Å². The number of aromatic amines is 1. The highest BCUT2D eigenvalue weighted by atomic mass is 16.2. The summed E-state index contributed by atoms with van der Waals surface area (Å²) in [6.07, 6.45) is 0. The minimum Gasteiger partial charge on any atom is -0.288 e. The van der Waals surface area contributed by atoms with Gasteiger partial charge in [-0.15, -0.1) is 0 Å². The Morgan fingerprint density at radius 3 is 1.69 bits per heavy atom. The molecular weight excluding hydrogens is 166 g/mol. The van der Waals surface area contributed by atoms with Crippen molar-refractivity contribution in [2.24, 2.45) is 0 Å². The van der Waals surface area contributed by atoms with Crippen LogP contribution in [-0.4, -0.2) is 4.98 Å². The van der Waals surface area contributed by atoms with Crippen LogP contribution in [0.15, 0.2) is 46.0 Å². The molecule has 0 aromatic carbocycles. The normalized spacial score (nSPS) is 10.2. The van der Waals surface area contributed by atoms with Crippen LogP contribution >= 0.6 is 0 Å². The van der Waals surface area contributed by atoms with Crippen molar-refractivity contribution in [3.05, 3.63) is 57.1 Å². The summed E-state index contributed by atoms with van der Waals surface area (Å²) in [7, 11) is 0. The average molecular weight is 173 g/mol. The minimum atomic E-state index is -0.323. The lowest BCUT2D eigenvalue weighted by Crippen LogP contribution is -2.04. The summed E-state index contributed by atoms with van der Waals surface area (Å²) < 4.78 is 0. The highest BCUT2D eigenvalue weighted by molar-refractivity contribution is 5.62. The molecule has 0 radical (unpaired) electrons. The Morgan fingerprint density at radius 1 is 0.769 bits per heavy atom. The molecule has 0 saturated carbocycles. The Bertz CT molecular complexity index is 469. The van der Waals surface area contributed by atoms with Gasteiger partial charge in [0, 0.05) is 0 Å². The van der Waals surface area contributed by atoms with Crippen molar-refractivity contribution < 1.29 is 0 Å². The van der Waals surface area contributed by atoms with Crippen molar-refractivity contribution in [1.82, 2.24) is 4.98 Å².